The van der Waals surface area contributed by atoms with Gasteiger partial charge >= 0.3 is 6.09 Å². The fraction of sp³-hybridized carbons (Fsp3) is 0.433. The fourth-order valence-electron chi connectivity index (χ4n) is 4.79. The lowest BCUT2D eigenvalue weighted by Gasteiger charge is -2.40. The standard InChI is InChI=1S/C30H36ClN7O4/c1-19-15-32-16-22(31)25(19)41-27-24-26(38(36-27)18-20-7-9-21(40-6)10-8-20)34-23(17-33-24)37-13-11-30(5,12-14-37)35-28(39)42-29(2,3)4/h7-10,15-17H,11-14,18H2,1-6H3,(H,35,39). The summed E-state index contributed by atoms with van der Waals surface area (Å²) in [6.07, 6.45) is 6.00. The molecule has 1 saturated heterocycles. The second-order valence-corrected chi connectivity index (χ2v) is 12.2. The van der Waals surface area contributed by atoms with E-state index in [0.29, 0.717) is 47.5 Å². The zero-order chi connectivity index (χ0) is 30.1. The molecule has 1 fully saturated rings. The van der Waals surface area contributed by atoms with E-state index in [2.05, 4.69) is 15.2 Å². The molecular weight excluding hydrogens is 558 g/mol. The maximum Gasteiger partial charge on any atom is 0.408 e. The van der Waals surface area contributed by atoms with Crippen LogP contribution < -0.4 is 19.7 Å². The molecule has 0 spiro atoms. The van der Waals surface area contributed by atoms with Gasteiger partial charge in [0.15, 0.2) is 16.9 Å². The Morgan fingerprint density at radius 2 is 1.83 bits per heavy atom. The van der Waals surface area contributed by atoms with E-state index in [1.165, 1.54) is 6.20 Å². The number of methoxy groups -OCH3 is 1. The number of amides is 1. The third kappa shape index (κ3) is 6.67. The summed E-state index contributed by atoms with van der Waals surface area (Å²) in [5, 5.41) is 8.19. The van der Waals surface area contributed by atoms with Gasteiger partial charge in [-0.25, -0.2) is 19.4 Å². The van der Waals surface area contributed by atoms with Crippen LogP contribution in [-0.2, 0) is 11.3 Å². The predicted molar refractivity (Wildman–Crippen MR) is 161 cm³/mol. The maximum absolute atomic E-state index is 12.4. The number of carbonyl (C=O) groups is 1. The summed E-state index contributed by atoms with van der Waals surface area (Å²) in [6.45, 7) is 11.3. The summed E-state index contributed by atoms with van der Waals surface area (Å²) in [5.74, 6) is 2.28. The molecule has 1 aliphatic rings. The smallest absolute Gasteiger partial charge is 0.408 e. The molecule has 11 nitrogen and oxygen atoms in total. The summed E-state index contributed by atoms with van der Waals surface area (Å²) in [6, 6.07) is 7.78. The molecule has 4 aromatic rings. The van der Waals surface area contributed by atoms with E-state index < -0.39 is 11.7 Å². The number of nitrogens with zero attached hydrogens (tertiary/aromatic N) is 6. The van der Waals surface area contributed by atoms with Gasteiger partial charge in [0, 0.05) is 36.6 Å². The van der Waals surface area contributed by atoms with Crippen LogP contribution in [0.1, 0.15) is 51.7 Å². The summed E-state index contributed by atoms with van der Waals surface area (Å²) in [7, 11) is 1.64. The molecule has 0 unspecified atom stereocenters. The summed E-state index contributed by atoms with van der Waals surface area (Å²) in [4.78, 5) is 28.4. The number of benzene rings is 1. The van der Waals surface area contributed by atoms with E-state index in [0.717, 1.165) is 35.5 Å². The van der Waals surface area contributed by atoms with Gasteiger partial charge in [0.1, 0.15) is 22.2 Å². The number of aryl methyl sites for hydroxylation is 1. The highest BCUT2D eigenvalue weighted by Gasteiger charge is 2.34. The van der Waals surface area contributed by atoms with E-state index in [-0.39, 0.29) is 5.54 Å². The van der Waals surface area contributed by atoms with Gasteiger partial charge in [-0.1, -0.05) is 23.7 Å². The number of aromatic nitrogens is 5. The maximum atomic E-state index is 12.4. The summed E-state index contributed by atoms with van der Waals surface area (Å²) >= 11 is 6.40. The monoisotopic (exact) mass is 593 g/mol. The van der Waals surface area contributed by atoms with Crippen LogP contribution in [0.25, 0.3) is 11.2 Å². The molecule has 3 aromatic heterocycles. The van der Waals surface area contributed by atoms with Crippen molar-refractivity contribution in [3.05, 3.63) is 59.0 Å². The second kappa shape index (κ2) is 11.6. The van der Waals surface area contributed by atoms with Crippen LogP contribution >= 0.6 is 11.6 Å². The van der Waals surface area contributed by atoms with Crippen LogP contribution in [0.4, 0.5) is 10.6 Å². The Labute approximate surface area is 250 Å². The van der Waals surface area contributed by atoms with Crippen molar-refractivity contribution in [3.8, 4) is 17.4 Å². The number of alkyl carbamates (subject to hydrolysis) is 1. The number of nitrogens with one attached hydrogen (secondary N) is 1. The number of rotatable bonds is 7. The predicted octanol–water partition coefficient (Wildman–Crippen LogP) is 5.92. The van der Waals surface area contributed by atoms with E-state index in [1.807, 2.05) is 58.9 Å². The summed E-state index contributed by atoms with van der Waals surface area (Å²) < 4.78 is 18.8. The van der Waals surface area contributed by atoms with Gasteiger partial charge in [-0.15, -0.1) is 5.10 Å². The number of fused-ring (bicyclic) bond motifs is 1. The Hall–Kier alpha value is -4.12. The highest BCUT2D eigenvalue weighted by Crippen LogP contribution is 2.35. The minimum Gasteiger partial charge on any atom is -0.497 e. The fourth-order valence-corrected chi connectivity index (χ4v) is 5.04. The number of halogens is 1. The van der Waals surface area contributed by atoms with Gasteiger partial charge in [-0.3, -0.25) is 4.98 Å². The molecule has 42 heavy (non-hydrogen) atoms. The Balaban J connectivity index is 1.42. The Morgan fingerprint density at radius 1 is 1.12 bits per heavy atom. The van der Waals surface area contributed by atoms with Crippen molar-refractivity contribution in [1.82, 2.24) is 30.0 Å². The van der Waals surface area contributed by atoms with E-state index in [1.54, 1.807) is 24.2 Å². The van der Waals surface area contributed by atoms with Crippen LogP contribution in [-0.4, -0.2) is 62.2 Å². The molecule has 0 saturated carbocycles. The van der Waals surface area contributed by atoms with Crippen molar-refractivity contribution in [3.63, 3.8) is 0 Å². The van der Waals surface area contributed by atoms with Gasteiger partial charge in [-0.2, -0.15) is 0 Å². The first-order valence-corrected chi connectivity index (χ1v) is 14.2. The SMILES string of the molecule is COc1ccc(Cn2nc(Oc3c(C)cncc3Cl)c3ncc(N4CCC(C)(NC(=O)OC(C)(C)C)CC4)nc32)cc1. The van der Waals surface area contributed by atoms with Crippen molar-refractivity contribution >= 4 is 34.7 Å². The molecule has 222 valence electrons. The van der Waals surface area contributed by atoms with Crippen LogP contribution in [0.2, 0.25) is 5.02 Å². The zero-order valence-electron chi connectivity index (χ0n) is 24.8. The lowest BCUT2D eigenvalue weighted by molar-refractivity contribution is 0.0448. The highest BCUT2D eigenvalue weighted by atomic mass is 35.5. The molecule has 1 amide bonds. The lowest BCUT2D eigenvalue weighted by atomic mass is 9.90. The topological polar surface area (TPSA) is 117 Å². The van der Waals surface area contributed by atoms with Crippen molar-refractivity contribution < 1.29 is 19.0 Å². The second-order valence-electron chi connectivity index (χ2n) is 11.8. The van der Waals surface area contributed by atoms with Gasteiger partial charge < -0.3 is 24.4 Å². The molecule has 0 bridgehead atoms. The van der Waals surface area contributed by atoms with E-state index >= 15 is 0 Å². The average molecular weight is 594 g/mol. The highest BCUT2D eigenvalue weighted by molar-refractivity contribution is 6.32. The largest absolute Gasteiger partial charge is 0.497 e. The van der Waals surface area contributed by atoms with Crippen LogP contribution in [0.3, 0.4) is 0 Å². The number of anilines is 1. The molecule has 0 aliphatic carbocycles. The molecule has 1 N–H and O–H groups in total. The molecular formula is C30H36ClN7O4. The summed E-state index contributed by atoms with van der Waals surface area (Å²) in [5.41, 5.74) is 1.97. The lowest BCUT2D eigenvalue weighted by Crippen LogP contribution is -2.54. The molecule has 4 heterocycles. The van der Waals surface area contributed by atoms with Crippen molar-refractivity contribution in [2.45, 2.75) is 65.1 Å². The number of ether oxygens (including phenoxy) is 3. The van der Waals surface area contributed by atoms with Crippen molar-refractivity contribution in [1.29, 1.82) is 0 Å². The first-order chi connectivity index (χ1) is 19.9. The first kappa shape index (κ1) is 29.4. The normalized spacial score (nSPS) is 15.0. The minimum absolute atomic E-state index is 0.307. The third-order valence-corrected chi connectivity index (χ3v) is 7.38. The van der Waals surface area contributed by atoms with Gasteiger partial charge in [0.05, 0.1) is 19.9 Å². The zero-order valence-corrected chi connectivity index (χ0v) is 25.5. The number of pyridine rings is 1. The van der Waals surface area contributed by atoms with Crippen molar-refractivity contribution in [2.75, 3.05) is 25.1 Å². The number of carbonyl (C=O) groups excluding carboxylic acids is 1. The van der Waals surface area contributed by atoms with E-state index in [4.69, 9.17) is 40.9 Å². The molecule has 1 aliphatic heterocycles. The quantitative estimate of drug-likeness (QED) is 0.279. The van der Waals surface area contributed by atoms with Crippen molar-refractivity contribution in [2.24, 2.45) is 0 Å². The third-order valence-electron chi connectivity index (χ3n) is 7.11. The number of hydrogen-bond donors (Lipinski definition) is 1. The van der Waals surface area contributed by atoms with Gasteiger partial charge in [0.25, 0.3) is 5.88 Å². The molecule has 12 heteroatoms. The minimum atomic E-state index is -0.551. The van der Waals surface area contributed by atoms with Gasteiger partial charge in [0.2, 0.25) is 0 Å². The Morgan fingerprint density at radius 3 is 2.48 bits per heavy atom. The molecule has 5 rings (SSSR count). The van der Waals surface area contributed by atoms with E-state index in [9.17, 15) is 4.79 Å². The number of piperidine rings is 1. The van der Waals surface area contributed by atoms with Gasteiger partial charge in [-0.05, 0) is 65.2 Å². The molecule has 0 atom stereocenters. The Kier molecular flexibility index (Phi) is 8.14. The number of hydrogen-bond acceptors (Lipinski definition) is 9. The molecule has 0 radical (unpaired) electrons. The van der Waals surface area contributed by atoms with Crippen LogP contribution in [0, 0.1) is 6.92 Å². The Bertz CT molecular complexity index is 1560. The molecule has 1 aromatic carbocycles. The average Bonchev–Trinajstić information content (AvgIpc) is 3.26. The van der Waals surface area contributed by atoms with Crippen LogP contribution in [0.15, 0.2) is 42.9 Å². The van der Waals surface area contributed by atoms with Crippen LogP contribution in [0.5, 0.6) is 17.4 Å². The first-order valence-electron chi connectivity index (χ1n) is 13.8.